The molecule has 0 aliphatic carbocycles. The van der Waals surface area contributed by atoms with Crippen LogP contribution in [0.25, 0.3) is 10.9 Å². The number of nitrogens with zero attached hydrogens (tertiary/aromatic N) is 1. The van der Waals surface area contributed by atoms with Crippen molar-refractivity contribution in [3.05, 3.63) is 35.5 Å². The highest BCUT2D eigenvalue weighted by molar-refractivity contribution is 5.85. The van der Waals surface area contributed by atoms with Gasteiger partial charge in [0.1, 0.15) is 0 Å². The summed E-state index contributed by atoms with van der Waals surface area (Å²) in [6.07, 6.45) is 6.64. The van der Waals surface area contributed by atoms with E-state index < -0.39 is 0 Å². The van der Waals surface area contributed by atoms with E-state index in [1.165, 1.54) is 61.8 Å². The third-order valence-corrected chi connectivity index (χ3v) is 5.81. The van der Waals surface area contributed by atoms with Crippen LogP contribution in [0.2, 0.25) is 0 Å². The van der Waals surface area contributed by atoms with Gasteiger partial charge >= 0.3 is 0 Å². The van der Waals surface area contributed by atoms with E-state index in [0.717, 1.165) is 5.92 Å². The smallest absolute Gasteiger partial charge is 0.0589 e. The first-order chi connectivity index (χ1) is 10.2. The lowest BCUT2D eigenvalue weighted by molar-refractivity contribution is 0.139. The van der Waals surface area contributed by atoms with Gasteiger partial charge in [-0.1, -0.05) is 38.0 Å². The van der Waals surface area contributed by atoms with Gasteiger partial charge in [-0.05, 0) is 43.7 Å². The molecule has 1 N–H and O–H groups in total. The van der Waals surface area contributed by atoms with Gasteiger partial charge in [0, 0.05) is 29.7 Å². The third-order valence-electron chi connectivity index (χ3n) is 5.81. The molecule has 2 aliphatic rings. The zero-order valence-corrected chi connectivity index (χ0v) is 13.3. The zero-order valence-electron chi connectivity index (χ0n) is 13.3. The van der Waals surface area contributed by atoms with E-state index in [9.17, 15) is 0 Å². The molecular formula is C19H26N2. The highest BCUT2D eigenvalue weighted by Gasteiger charge is 2.47. The Morgan fingerprint density at radius 1 is 1.33 bits per heavy atom. The molecule has 2 heteroatoms. The van der Waals surface area contributed by atoms with E-state index in [1.807, 2.05) is 0 Å². The minimum Gasteiger partial charge on any atom is -0.357 e. The van der Waals surface area contributed by atoms with Crippen molar-refractivity contribution in [2.24, 2.45) is 5.92 Å². The maximum absolute atomic E-state index is 3.76. The van der Waals surface area contributed by atoms with Gasteiger partial charge in [0.05, 0.1) is 5.54 Å². The second kappa shape index (κ2) is 4.88. The zero-order chi connectivity index (χ0) is 14.4. The van der Waals surface area contributed by atoms with Gasteiger partial charge in [-0.15, -0.1) is 0 Å². The highest BCUT2D eigenvalue weighted by Crippen LogP contribution is 2.47. The molecule has 1 saturated heterocycles. The Balaban J connectivity index is 1.73. The largest absolute Gasteiger partial charge is 0.357 e. The van der Waals surface area contributed by atoms with Crippen LogP contribution in [-0.4, -0.2) is 23.0 Å². The third kappa shape index (κ3) is 1.96. The predicted molar refractivity (Wildman–Crippen MR) is 88.6 cm³/mol. The number of aromatic nitrogens is 1. The van der Waals surface area contributed by atoms with Gasteiger partial charge in [-0.25, -0.2) is 0 Å². The van der Waals surface area contributed by atoms with E-state index in [-0.39, 0.29) is 5.54 Å². The first-order valence-electron chi connectivity index (χ1n) is 8.57. The van der Waals surface area contributed by atoms with Crippen LogP contribution >= 0.6 is 0 Å². The summed E-state index contributed by atoms with van der Waals surface area (Å²) in [6, 6.07) is 8.82. The van der Waals surface area contributed by atoms with Crippen LogP contribution in [0.3, 0.4) is 0 Å². The molecule has 3 heterocycles. The Hall–Kier alpha value is -1.28. The van der Waals surface area contributed by atoms with Crippen LogP contribution in [-0.2, 0) is 12.0 Å². The van der Waals surface area contributed by atoms with Crippen LogP contribution in [0.15, 0.2) is 24.3 Å². The van der Waals surface area contributed by atoms with E-state index >= 15 is 0 Å². The van der Waals surface area contributed by atoms with Crippen molar-refractivity contribution in [2.75, 3.05) is 13.1 Å². The molecule has 21 heavy (non-hydrogen) atoms. The molecule has 1 fully saturated rings. The normalized spacial score (nSPS) is 28.8. The molecular weight excluding hydrogens is 256 g/mol. The number of hydrogen-bond donors (Lipinski definition) is 1. The van der Waals surface area contributed by atoms with Gasteiger partial charge in [0.15, 0.2) is 0 Å². The van der Waals surface area contributed by atoms with E-state index in [2.05, 4.69) is 48.0 Å². The first kappa shape index (κ1) is 13.4. The van der Waals surface area contributed by atoms with Crippen LogP contribution in [0.4, 0.5) is 0 Å². The minimum absolute atomic E-state index is 0.241. The summed E-state index contributed by atoms with van der Waals surface area (Å²) in [5, 5.41) is 1.45. The first-order valence-corrected chi connectivity index (χ1v) is 8.57. The number of nitrogens with one attached hydrogen (secondary N) is 1. The van der Waals surface area contributed by atoms with E-state index in [1.54, 1.807) is 5.56 Å². The predicted octanol–water partition coefficient (Wildman–Crippen LogP) is 4.45. The molecule has 2 aromatic rings. The van der Waals surface area contributed by atoms with Crippen molar-refractivity contribution in [2.45, 2.75) is 51.5 Å². The van der Waals surface area contributed by atoms with Crippen molar-refractivity contribution < 1.29 is 0 Å². The van der Waals surface area contributed by atoms with Crippen LogP contribution in [0, 0.1) is 5.92 Å². The number of fused-ring (bicyclic) bond motifs is 5. The second-order valence-electron chi connectivity index (χ2n) is 7.21. The minimum atomic E-state index is 0.241. The fourth-order valence-electron chi connectivity index (χ4n) is 4.72. The molecule has 0 spiro atoms. The van der Waals surface area contributed by atoms with Gasteiger partial charge in [-0.2, -0.15) is 0 Å². The molecule has 0 bridgehead atoms. The Kier molecular flexibility index (Phi) is 3.11. The van der Waals surface area contributed by atoms with E-state index in [4.69, 9.17) is 0 Å². The molecule has 1 unspecified atom stereocenters. The number of hydrogen-bond acceptors (Lipinski definition) is 1. The highest BCUT2D eigenvalue weighted by atomic mass is 15.2. The molecule has 1 aromatic heterocycles. The SMILES string of the molecule is CCCCC1CN2CCc3c([nH]c4ccccc34)[C@@]2(C)C1. The number of para-hydroxylation sites is 1. The summed E-state index contributed by atoms with van der Waals surface area (Å²) in [5.41, 5.74) is 4.65. The van der Waals surface area contributed by atoms with Crippen molar-refractivity contribution >= 4 is 10.9 Å². The Labute approximate surface area is 127 Å². The molecule has 4 rings (SSSR count). The Bertz CT molecular complexity index is 657. The van der Waals surface area contributed by atoms with Gasteiger partial charge < -0.3 is 4.98 Å². The maximum Gasteiger partial charge on any atom is 0.0589 e. The summed E-state index contributed by atoms with van der Waals surface area (Å²) in [5.74, 6) is 0.882. The molecule has 2 nitrogen and oxygen atoms in total. The van der Waals surface area contributed by atoms with Crippen molar-refractivity contribution in [3.63, 3.8) is 0 Å². The van der Waals surface area contributed by atoms with Crippen molar-refractivity contribution in [1.82, 2.24) is 9.88 Å². The Morgan fingerprint density at radius 2 is 2.19 bits per heavy atom. The maximum atomic E-state index is 3.76. The molecule has 0 saturated carbocycles. The number of aromatic amines is 1. The number of H-pyrrole nitrogens is 1. The lowest BCUT2D eigenvalue weighted by atomic mass is 9.84. The fourth-order valence-corrected chi connectivity index (χ4v) is 4.72. The average molecular weight is 282 g/mol. The summed E-state index contributed by atoms with van der Waals surface area (Å²) >= 11 is 0. The lowest BCUT2D eigenvalue weighted by Crippen LogP contribution is -2.44. The van der Waals surface area contributed by atoms with Crippen LogP contribution in [0.1, 0.15) is 50.8 Å². The molecule has 112 valence electrons. The molecule has 1 aromatic carbocycles. The average Bonchev–Trinajstić information content (AvgIpc) is 3.03. The Morgan fingerprint density at radius 3 is 3.05 bits per heavy atom. The van der Waals surface area contributed by atoms with Crippen molar-refractivity contribution in [3.8, 4) is 0 Å². The molecule has 2 aliphatic heterocycles. The summed E-state index contributed by atoms with van der Waals surface area (Å²) in [7, 11) is 0. The summed E-state index contributed by atoms with van der Waals surface area (Å²) < 4.78 is 0. The molecule has 0 radical (unpaired) electrons. The standard InChI is InChI=1S/C19H26N2/c1-3-4-7-14-12-19(2)18-16(10-11-21(19)13-14)15-8-5-6-9-17(15)20-18/h5-6,8-9,14,20H,3-4,7,10-13H2,1-2H3/t14?,19-/m1/s1. The fraction of sp³-hybridized carbons (Fsp3) is 0.579. The van der Waals surface area contributed by atoms with Crippen LogP contribution in [0.5, 0.6) is 0 Å². The lowest BCUT2D eigenvalue weighted by Gasteiger charge is -2.39. The molecule has 0 amide bonds. The van der Waals surface area contributed by atoms with Gasteiger partial charge in [0.25, 0.3) is 0 Å². The topological polar surface area (TPSA) is 19.0 Å². The van der Waals surface area contributed by atoms with Crippen LogP contribution < -0.4 is 0 Å². The monoisotopic (exact) mass is 282 g/mol. The number of benzene rings is 1. The van der Waals surface area contributed by atoms with Crippen molar-refractivity contribution in [1.29, 1.82) is 0 Å². The summed E-state index contributed by atoms with van der Waals surface area (Å²) in [6.45, 7) is 7.30. The van der Waals surface area contributed by atoms with Gasteiger partial charge in [0.2, 0.25) is 0 Å². The second-order valence-corrected chi connectivity index (χ2v) is 7.21. The number of rotatable bonds is 3. The molecule has 2 atom stereocenters. The van der Waals surface area contributed by atoms with Gasteiger partial charge in [-0.3, -0.25) is 4.90 Å². The quantitative estimate of drug-likeness (QED) is 0.881. The summed E-state index contributed by atoms with van der Waals surface area (Å²) in [4.78, 5) is 6.50. The number of unbranched alkanes of at least 4 members (excludes halogenated alkanes) is 1. The van der Waals surface area contributed by atoms with E-state index in [0.29, 0.717) is 0 Å².